The van der Waals surface area contributed by atoms with E-state index in [4.69, 9.17) is 11.6 Å². The van der Waals surface area contributed by atoms with Crippen molar-refractivity contribution in [1.82, 2.24) is 4.98 Å². The van der Waals surface area contributed by atoms with E-state index in [9.17, 15) is 20.0 Å². The molecule has 22 heavy (non-hydrogen) atoms. The largest absolute Gasteiger partial charge is 0.501 e. The number of fused-ring (bicyclic) bond motifs is 1. The van der Waals surface area contributed by atoms with Crippen LogP contribution in [0.4, 0.5) is 11.4 Å². The number of phenols is 1. The van der Waals surface area contributed by atoms with Crippen molar-refractivity contribution >= 4 is 39.7 Å². The molecule has 0 spiro atoms. The maximum Gasteiger partial charge on any atom is 0.314 e. The maximum absolute atomic E-state index is 11.4. The van der Waals surface area contributed by atoms with Crippen LogP contribution in [0.1, 0.15) is 12.8 Å². The fourth-order valence-corrected chi connectivity index (χ4v) is 2.94. The van der Waals surface area contributed by atoms with Crippen molar-refractivity contribution in [1.29, 1.82) is 0 Å². The predicted octanol–water partition coefficient (Wildman–Crippen LogP) is 2.67. The Hall–Kier alpha value is -2.41. The van der Waals surface area contributed by atoms with E-state index >= 15 is 0 Å². The average molecular weight is 322 g/mol. The summed E-state index contributed by atoms with van der Waals surface area (Å²) in [5.41, 5.74) is 0.331. The highest BCUT2D eigenvalue weighted by Crippen LogP contribution is 2.42. The first-order valence-corrected chi connectivity index (χ1v) is 7.08. The topological polar surface area (TPSA) is 96.6 Å². The van der Waals surface area contributed by atoms with Gasteiger partial charge in [-0.2, -0.15) is 0 Å². The minimum absolute atomic E-state index is 0.0913. The van der Waals surface area contributed by atoms with Gasteiger partial charge in [0.25, 0.3) is 0 Å². The number of hydrogen-bond acceptors (Lipinski definition) is 6. The second kappa shape index (κ2) is 5.42. The van der Waals surface area contributed by atoms with Gasteiger partial charge in [0.15, 0.2) is 0 Å². The van der Waals surface area contributed by atoms with Gasteiger partial charge in [-0.05, 0) is 6.07 Å². The first-order chi connectivity index (χ1) is 10.5. The van der Waals surface area contributed by atoms with Gasteiger partial charge >= 0.3 is 5.69 Å². The van der Waals surface area contributed by atoms with E-state index in [-0.39, 0.29) is 16.3 Å². The number of anilines is 1. The Kier molecular flexibility index (Phi) is 3.58. The number of Topliss-reactive ketones (excluding diaryl/α,β-unsaturated/α-hetero) is 1. The number of benzene rings is 1. The minimum Gasteiger partial charge on any atom is -0.501 e. The van der Waals surface area contributed by atoms with Crippen LogP contribution < -0.4 is 4.90 Å². The molecule has 0 saturated carbocycles. The third-order valence-electron chi connectivity index (χ3n) is 3.76. The number of carbonyl (C=O) groups excluding carboxylic acids is 1. The van der Waals surface area contributed by atoms with Crippen LogP contribution in [-0.4, -0.2) is 33.9 Å². The Morgan fingerprint density at radius 3 is 2.68 bits per heavy atom. The molecule has 2 aromatic rings. The molecule has 1 aliphatic heterocycles. The second-order valence-corrected chi connectivity index (χ2v) is 5.47. The summed E-state index contributed by atoms with van der Waals surface area (Å²) in [4.78, 5) is 27.6. The molecular weight excluding hydrogens is 310 g/mol. The molecule has 1 aromatic heterocycles. The smallest absolute Gasteiger partial charge is 0.314 e. The summed E-state index contributed by atoms with van der Waals surface area (Å²) in [6, 6.07) is 2.86. The number of nitro groups is 1. The van der Waals surface area contributed by atoms with Gasteiger partial charge in [0, 0.05) is 49.3 Å². The summed E-state index contributed by atoms with van der Waals surface area (Å²) in [5, 5.41) is 21.6. The van der Waals surface area contributed by atoms with Crippen molar-refractivity contribution < 1.29 is 14.8 Å². The molecule has 0 unspecified atom stereocenters. The van der Waals surface area contributed by atoms with Crippen molar-refractivity contribution in [3.05, 3.63) is 33.5 Å². The van der Waals surface area contributed by atoms with Gasteiger partial charge in [-0.3, -0.25) is 19.9 Å². The fourth-order valence-electron chi connectivity index (χ4n) is 2.65. The van der Waals surface area contributed by atoms with Gasteiger partial charge in [0.05, 0.1) is 9.95 Å². The zero-order valence-corrected chi connectivity index (χ0v) is 12.2. The van der Waals surface area contributed by atoms with Crippen molar-refractivity contribution in [3.8, 4) is 5.75 Å². The van der Waals surface area contributed by atoms with Crippen LogP contribution in [-0.2, 0) is 4.79 Å². The second-order valence-electron chi connectivity index (χ2n) is 5.06. The van der Waals surface area contributed by atoms with Gasteiger partial charge in [-0.25, -0.2) is 0 Å². The van der Waals surface area contributed by atoms with E-state index in [1.165, 1.54) is 6.20 Å². The van der Waals surface area contributed by atoms with Crippen molar-refractivity contribution in [2.75, 3.05) is 18.0 Å². The summed E-state index contributed by atoms with van der Waals surface area (Å²) in [5.74, 6) is -0.293. The molecule has 8 heteroatoms. The lowest BCUT2D eigenvalue weighted by Crippen LogP contribution is -2.33. The highest BCUT2D eigenvalue weighted by atomic mass is 35.5. The Bertz CT molecular complexity index is 783. The van der Waals surface area contributed by atoms with Gasteiger partial charge in [-0.15, -0.1) is 0 Å². The third-order valence-corrected chi connectivity index (χ3v) is 4.05. The zero-order chi connectivity index (χ0) is 15.9. The lowest BCUT2D eigenvalue weighted by molar-refractivity contribution is -0.385. The Morgan fingerprint density at radius 1 is 1.36 bits per heavy atom. The molecule has 1 saturated heterocycles. The van der Waals surface area contributed by atoms with Crippen LogP contribution in [0.15, 0.2) is 18.3 Å². The number of ketones is 1. The van der Waals surface area contributed by atoms with Crippen LogP contribution in [0, 0.1) is 10.1 Å². The maximum atomic E-state index is 11.4. The first-order valence-electron chi connectivity index (χ1n) is 6.70. The Morgan fingerprint density at radius 2 is 2.05 bits per heavy atom. The molecule has 7 nitrogen and oxygen atoms in total. The zero-order valence-electron chi connectivity index (χ0n) is 11.5. The summed E-state index contributed by atoms with van der Waals surface area (Å²) in [6.07, 6.45) is 2.36. The highest BCUT2D eigenvalue weighted by molar-refractivity contribution is 6.37. The molecule has 0 bridgehead atoms. The number of hydrogen-bond donors (Lipinski definition) is 1. The lowest BCUT2D eigenvalue weighted by Gasteiger charge is -2.29. The van der Waals surface area contributed by atoms with Gasteiger partial charge in [-0.1, -0.05) is 11.6 Å². The number of pyridine rings is 1. The molecule has 0 aliphatic carbocycles. The predicted molar refractivity (Wildman–Crippen MR) is 81.5 cm³/mol. The highest BCUT2D eigenvalue weighted by Gasteiger charge is 2.25. The summed E-state index contributed by atoms with van der Waals surface area (Å²) in [7, 11) is 0. The van der Waals surface area contributed by atoms with E-state index in [1.54, 1.807) is 6.07 Å². The number of carbonyl (C=O) groups is 1. The Balaban J connectivity index is 2.19. The Labute approximate surface area is 130 Å². The number of aromatic hydroxyl groups is 1. The van der Waals surface area contributed by atoms with Gasteiger partial charge < -0.3 is 10.0 Å². The van der Waals surface area contributed by atoms with E-state index in [0.29, 0.717) is 37.0 Å². The van der Waals surface area contributed by atoms with E-state index < -0.39 is 16.4 Å². The van der Waals surface area contributed by atoms with Crippen molar-refractivity contribution in [3.63, 3.8) is 0 Å². The summed E-state index contributed by atoms with van der Waals surface area (Å²) in [6.45, 7) is 1.10. The number of halogens is 1. The number of rotatable bonds is 2. The molecule has 1 aromatic carbocycles. The lowest BCUT2D eigenvalue weighted by atomic mass is 10.1. The SMILES string of the molecule is O=C1CCN(c2ccnc3c(O)c([N+](=O)[O-])cc(Cl)c23)CC1. The molecule has 3 rings (SSSR count). The number of aromatic nitrogens is 1. The molecule has 1 fully saturated rings. The van der Waals surface area contributed by atoms with Crippen LogP contribution in [0.25, 0.3) is 10.9 Å². The number of phenolic OH excluding ortho intramolecular Hbond substituents is 1. The van der Waals surface area contributed by atoms with Crippen molar-refractivity contribution in [2.24, 2.45) is 0 Å². The summed E-state index contributed by atoms with van der Waals surface area (Å²) >= 11 is 6.18. The minimum atomic E-state index is -0.700. The molecule has 0 radical (unpaired) electrons. The van der Waals surface area contributed by atoms with E-state index in [0.717, 1.165) is 6.07 Å². The third kappa shape index (κ3) is 2.33. The van der Waals surface area contributed by atoms with Crippen molar-refractivity contribution in [2.45, 2.75) is 12.8 Å². The quantitative estimate of drug-likeness (QED) is 0.674. The van der Waals surface area contributed by atoms with Crippen LogP contribution in [0.5, 0.6) is 5.75 Å². The number of nitro benzene ring substituents is 1. The normalized spacial score (nSPS) is 15.3. The molecule has 2 heterocycles. The van der Waals surface area contributed by atoms with Crippen LogP contribution in [0.3, 0.4) is 0 Å². The number of piperidine rings is 1. The van der Waals surface area contributed by atoms with Crippen LogP contribution >= 0.6 is 11.6 Å². The van der Waals surface area contributed by atoms with E-state index in [1.807, 2.05) is 4.90 Å². The molecule has 114 valence electrons. The van der Waals surface area contributed by atoms with Gasteiger partial charge in [0.2, 0.25) is 5.75 Å². The summed E-state index contributed by atoms with van der Waals surface area (Å²) < 4.78 is 0. The average Bonchev–Trinajstić information content (AvgIpc) is 2.50. The fraction of sp³-hybridized carbons (Fsp3) is 0.286. The molecular formula is C14H12ClN3O4. The standard InChI is InChI=1S/C14H12ClN3O4/c15-9-7-11(18(21)22)14(20)13-12(9)10(1-4-16-13)17-5-2-8(19)3-6-17/h1,4,7,20H,2-3,5-6H2. The first kappa shape index (κ1) is 14.5. The monoisotopic (exact) mass is 321 g/mol. The molecule has 1 aliphatic rings. The molecule has 0 atom stereocenters. The number of nitrogens with zero attached hydrogens (tertiary/aromatic N) is 3. The van der Waals surface area contributed by atoms with Crippen LogP contribution in [0.2, 0.25) is 5.02 Å². The van der Waals surface area contributed by atoms with E-state index in [2.05, 4.69) is 4.98 Å². The molecule has 0 amide bonds. The van der Waals surface area contributed by atoms with Gasteiger partial charge in [0.1, 0.15) is 11.3 Å². The molecule has 1 N–H and O–H groups in total.